The van der Waals surface area contributed by atoms with E-state index in [9.17, 15) is 4.79 Å². The first-order valence-corrected chi connectivity index (χ1v) is 8.38. The van der Waals surface area contributed by atoms with Gasteiger partial charge in [-0.1, -0.05) is 0 Å². The second kappa shape index (κ2) is 6.32. The third-order valence-electron chi connectivity index (χ3n) is 4.62. The fourth-order valence-corrected chi connectivity index (χ4v) is 3.06. The molecule has 1 fully saturated rings. The van der Waals surface area contributed by atoms with E-state index < -0.39 is 0 Å². The highest BCUT2D eigenvalue weighted by molar-refractivity contribution is 5.90. The summed E-state index contributed by atoms with van der Waals surface area (Å²) in [6.45, 7) is 2.68. The minimum Gasteiger partial charge on any atom is -0.376 e. The van der Waals surface area contributed by atoms with Crippen LogP contribution in [0.25, 0.3) is 0 Å². The number of carbonyl (C=O) groups excluding carboxylic acids is 1. The molecule has 7 heteroatoms. The molecule has 0 unspecified atom stereocenters. The molecule has 0 bridgehead atoms. The molecule has 0 radical (unpaired) electrons. The van der Waals surface area contributed by atoms with Crippen molar-refractivity contribution in [3.05, 3.63) is 41.2 Å². The fourth-order valence-electron chi connectivity index (χ4n) is 3.06. The van der Waals surface area contributed by atoms with E-state index in [1.54, 1.807) is 23.0 Å². The Balaban J connectivity index is 1.45. The van der Waals surface area contributed by atoms with Crippen molar-refractivity contribution in [2.45, 2.75) is 32.4 Å². The highest BCUT2D eigenvalue weighted by atomic mass is 16.5. The van der Waals surface area contributed by atoms with Crippen molar-refractivity contribution < 1.29 is 9.53 Å². The summed E-state index contributed by atoms with van der Waals surface area (Å²) in [5, 5.41) is 4.10. The van der Waals surface area contributed by atoms with Crippen molar-refractivity contribution in [3.63, 3.8) is 0 Å². The van der Waals surface area contributed by atoms with Crippen LogP contribution in [0.1, 0.15) is 40.2 Å². The Hall–Kier alpha value is -2.28. The standard InChI is InChI=1S/C17H21N5O2/c1-21-11-19-16(20-21)17(23)22-5-4-15-13(8-22)6-18-7-14(15)10-24-9-12-2-3-12/h6-7,11-12H,2-5,8-10H2,1H3. The average Bonchev–Trinajstić information content (AvgIpc) is 3.32. The predicted octanol–water partition coefficient (Wildman–Crippen LogP) is 1.34. The van der Waals surface area contributed by atoms with E-state index in [2.05, 4.69) is 15.1 Å². The third-order valence-corrected chi connectivity index (χ3v) is 4.62. The molecule has 1 amide bonds. The maximum absolute atomic E-state index is 12.5. The third kappa shape index (κ3) is 3.17. The fraction of sp³-hybridized carbons (Fsp3) is 0.529. The molecule has 2 aromatic heterocycles. The van der Waals surface area contributed by atoms with Gasteiger partial charge in [0.05, 0.1) is 6.61 Å². The predicted molar refractivity (Wildman–Crippen MR) is 86.1 cm³/mol. The van der Waals surface area contributed by atoms with Gasteiger partial charge in [0.2, 0.25) is 5.82 Å². The van der Waals surface area contributed by atoms with Crippen LogP contribution in [0.3, 0.4) is 0 Å². The average molecular weight is 327 g/mol. The van der Waals surface area contributed by atoms with E-state index in [0.29, 0.717) is 19.7 Å². The van der Waals surface area contributed by atoms with Gasteiger partial charge in [0, 0.05) is 39.1 Å². The van der Waals surface area contributed by atoms with Gasteiger partial charge in [0.1, 0.15) is 6.33 Å². The van der Waals surface area contributed by atoms with Gasteiger partial charge in [-0.3, -0.25) is 14.5 Å². The lowest BCUT2D eigenvalue weighted by molar-refractivity contribution is 0.0719. The molecule has 2 aliphatic rings. The Bertz CT molecular complexity index is 753. The van der Waals surface area contributed by atoms with Crippen LogP contribution in [-0.2, 0) is 31.4 Å². The van der Waals surface area contributed by atoms with Gasteiger partial charge in [-0.15, -0.1) is 5.10 Å². The number of aryl methyl sites for hydroxylation is 1. The second-order valence-electron chi connectivity index (χ2n) is 6.61. The van der Waals surface area contributed by atoms with Gasteiger partial charge in [0.15, 0.2) is 0 Å². The summed E-state index contributed by atoms with van der Waals surface area (Å²) >= 11 is 0. The Morgan fingerprint density at radius 3 is 3.00 bits per heavy atom. The molecular weight excluding hydrogens is 306 g/mol. The van der Waals surface area contributed by atoms with Crippen molar-refractivity contribution in [1.29, 1.82) is 0 Å². The van der Waals surface area contributed by atoms with E-state index in [4.69, 9.17) is 4.74 Å². The molecule has 126 valence electrons. The van der Waals surface area contributed by atoms with E-state index in [1.807, 2.05) is 12.4 Å². The zero-order valence-corrected chi connectivity index (χ0v) is 13.8. The molecule has 24 heavy (non-hydrogen) atoms. The van der Waals surface area contributed by atoms with Crippen LogP contribution in [0.15, 0.2) is 18.7 Å². The first-order valence-electron chi connectivity index (χ1n) is 8.38. The molecule has 3 heterocycles. The maximum Gasteiger partial charge on any atom is 0.293 e. The summed E-state index contributed by atoms with van der Waals surface area (Å²) in [6, 6.07) is 0. The topological polar surface area (TPSA) is 73.1 Å². The minimum atomic E-state index is -0.128. The molecule has 1 saturated carbocycles. The molecule has 2 aromatic rings. The van der Waals surface area contributed by atoms with Crippen LogP contribution >= 0.6 is 0 Å². The molecule has 0 atom stereocenters. The highest BCUT2D eigenvalue weighted by Gasteiger charge is 2.26. The van der Waals surface area contributed by atoms with E-state index in [1.165, 1.54) is 18.4 Å². The SMILES string of the molecule is Cn1cnc(C(=O)N2CCc3c(COCC4CC4)cncc3C2)n1. The smallest absolute Gasteiger partial charge is 0.293 e. The minimum absolute atomic E-state index is 0.128. The molecular formula is C17H21N5O2. The molecule has 0 aromatic carbocycles. The Morgan fingerprint density at radius 1 is 1.38 bits per heavy atom. The maximum atomic E-state index is 12.5. The van der Waals surface area contributed by atoms with Crippen LogP contribution < -0.4 is 0 Å². The van der Waals surface area contributed by atoms with Crippen LogP contribution in [-0.4, -0.2) is 43.7 Å². The number of aromatic nitrogens is 4. The van der Waals surface area contributed by atoms with E-state index >= 15 is 0 Å². The van der Waals surface area contributed by atoms with Gasteiger partial charge >= 0.3 is 0 Å². The number of fused-ring (bicyclic) bond motifs is 1. The summed E-state index contributed by atoms with van der Waals surface area (Å²) in [6.07, 6.45) is 8.70. The summed E-state index contributed by atoms with van der Waals surface area (Å²) in [7, 11) is 1.76. The van der Waals surface area contributed by atoms with Crippen molar-refractivity contribution in [2.75, 3.05) is 13.2 Å². The van der Waals surface area contributed by atoms with Crippen LogP contribution in [0.5, 0.6) is 0 Å². The number of ether oxygens (including phenoxy) is 1. The van der Waals surface area contributed by atoms with Gasteiger partial charge in [0.25, 0.3) is 5.91 Å². The zero-order valence-electron chi connectivity index (χ0n) is 13.8. The number of hydrogen-bond donors (Lipinski definition) is 0. The lowest BCUT2D eigenvalue weighted by atomic mass is 9.97. The molecule has 0 N–H and O–H groups in total. The Morgan fingerprint density at radius 2 is 2.25 bits per heavy atom. The van der Waals surface area contributed by atoms with E-state index in [-0.39, 0.29) is 11.7 Å². The monoisotopic (exact) mass is 327 g/mol. The Labute approximate surface area is 140 Å². The molecule has 0 spiro atoms. The lowest BCUT2D eigenvalue weighted by Crippen LogP contribution is -2.37. The quantitative estimate of drug-likeness (QED) is 0.828. The number of rotatable bonds is 5. The van der Waals surface area contributed by atoms with Crippen LogP contribution in [0.2, 0.25) is 0 Å². The van der Waals surface area contributed by atoms with Crippen molar-refractivity contribution in [1.82, 2.24) is 24.6 Å². The molecule has 7 nitrogen and oxygen atoms in total. The van der Waals surface area contributed by atoms with Gasteiger partial charge < -0.3 is 9.64 Å². The number of amides is 1. The first kappa shape index (κ1) is 15.3. The van der Waals surface area contributed by atoms with Crippen molar-refractivity contribution >= 4 is 5.91 Å². The van der Waals surface area contributed by atoms with Gasteiger partial charge in [-0.25, -0.2) is 4.98 Å². The van der Waals surface area contributed by atoms with Gasteiger partial charge in [-0.2, -0.15) is 0 Å². The number of pyridine rings is 1. The van der Waals surface area contributed by atoms with E-state index in [0.717, 1.165) is 30.1 Å². The van der Waals surface area contributed by atoms with Crippen molar-refractivity contribution in [3.8, 4) is 0 Å². The highest BCUT2D eigenvalue weighted by Crippen LogP contribution is 2.29. The normalized spacial score (nSPS) is 17.0. The number of nitrogens with zero attached hydrogens (tertiary/aromatic N) is 5. The van der Waals surface area contributed by atoms with Gasteiger partial charge in [-0.05, 0) is 41.9 Å². The molecule has 1 aliphatic carbocycles. The molecule has 1 aliphatic heterocycles. The summed E-state index contributed by atoms with van der Waals surface area (Å²) in [5.74, 6) is 0.881. The summed E-state index contributed by atoms with van der Waals surface area (Å²) < 4.78 is 7.36. The lowest BCUT2D eigenvalue weighted by Gasteiger charge is -2.29. The molecule has 0 saturated heterocycles. The van der Waals surface area contributed by atoms with Crippen molar-refractivity contribution in [2.24, 2.45) is 13.0 Å². The number of hydrogen-bond acceptors (Lipinski definition) is 5. The summed E-state index contributed by atoms with van der Waals surface area (Å²) in [5.41, 5.74) is 3.52. The zero-order chi connectivity index (χ0) is 16.5. The number of carbonyl (C=O) groups is 1. The van der Waals surface area contributed by atoms with Crippen LogP contribution in [0.4, 0.5) is 0 Å². The molecule has 4 rings (SSSR count). The Kier molecular flexibility index (Phi) is 4.02. The second-order valence-corrected chi connectivity index (χ2v) is 6.61. The summed E-state index contributed by atoms with van der Waals surface area (Å²) in [4.78, 5) is 22.7. The van der Waals surface area contributed by atoms with Crippen LogP contribution in [0, 0.1) is 5.92 Å². The largest absolute Gasteiger partial charge is 0.376 e. The first-order chi connectivity index (χ1) is 11.7.